The topological polar surface area (TPSA) is 12.0 Å². The van der Waals surface area contributed by atoms with Gasteiger partial charge in [0.05, 0.1) is 0 Å². The monoisotopic (exact) mass is 289 g/mol. The third-order valence-electron chi connectivity index (χ3n) is 3.71. The van der Waals surface area contributed by atoms with E-state index in [4.69, 9.17) is 0 Å². The quantitative estimate of drug-likeness (QED) is 0.898. The Morgan fingerprint density at radius 1 is 1.26 bits per heavy atom. The predicted octanol–water partition coefficient (Wildman–Crippen LogP) is 4.34. The summed E-state index contributed by atoms with van der Waals surface area (Å²) in [5, 5.41) is 3.62. The van der Waals surface area contributed by atoms with E-state index < -0.39 is 0 Å². The van der Waals surface area contributed by atoms with Gasteiger partial charge in [-0.05, 0) is 37.1 Å². The van der Waals surface area contributed by atoms with Gasteiger partial charge in [-0.2, -0.15) is 0 Å². The highest BCUT2D eigenvalue weighted by Crippen LogP contribution is 2.38. The third kappa shape index (κ3) is 2.88. The molecule has 3 heteroatoms. The lowest BCUT2D eigenvalue weighted by atomic mass is 10.0. The van der Waals surface area contributed by atoms with E-state index in [9.17, 15) is 0 Å². The number of aryl methyl sites for hydroxylation is 2. The average Bonchev–Trinajstić information content (AvgIpc) is 2.95. The molecule has 0 spiro atoms. The number of benzene rings is 1. The van der Waals surface area contributed by atoms with E-state index in [1.165, 1.54) is 31.5 Å². The first-order chi connectivity index (χ1) is 9.24. The summed E-state index contributed by atoms with van der Waals surface area (Å²) in [6, 6.07) is 11.1. The zero-order chi connectivity index (χ0) is 13.2. The third-order valence-corrected chi connectivity index (χ3v) is 6.11. The van der Waals surface area contributed by atoms with E-state index in [2.05, 4.69) is 49.5 Å². The van der Waals surface area contributed by atoms with E-state index in [1.54, 1.807) is 0 Å². The van der Waals surface area contributed by atoms with Gasteiger partial charge in [0.25, 0.3) is 0 Å². The van der Waals surface area contributed by atoms with E-state index in [0.717, 1.165) is 13.1 Å². The first kappa shape index (κ1) is 13.2. The number of thiophene rings is 1. The van der Waals surface area contributed by atoms with Gasteiger partial charge < -0.3 is 5.32 Å². The lowest BCUT2D eigenvalue weighted by molar-refractivity contribution is 0.625. The van der Waals surface area contributed by atoms with Crippen molar-refractivity contribution in [1.82, 2.24) is 5.32 Å². The molecule has 1 aromatic carbocycles. The van der Waals surface area contributed by atoms with Crippen LogP contribution in [0.25, 0.3) is 0 Å². The smallest absolute Gasteiger partial charge is 0.0300 e. The van der Waals surface area contributed by atoms with Gasteiger partial charge in [0, 0.05) is 39.4 Å². The van der Waals surface area contributed by atoms with Crippen molar-refractivity contribution in [1.29, 1.82) is 0 Å². The predicted molar refractivity (Wildman–Crippen MR) is 85.4 cm³/mol. The molecule has 3 rings (SSSR count). The van der Waals surface area contributed by atoms with E-state index in [1.807, 2.05) is 23.1 Å². The summed E-state index contributed by atoms with van der Waals surface area (Å²) in [5.74, 6) is 1.89. The molecule has 1 nitrogen and oxygen atoms in total. The van der Waals surface area contributed by atoms with Crippen molar-refractivity contribution in [2.24, 2.45) is 0 Å². The Balaban J connectivity index is 1.56. The van der Waals surface area contributed by atoms with Crippen molar-refractivity contribution in [3.05, 3.63) is 51.2 Å². The molecule has 0 fully saturated rings. The molecule has 1 atom stereocenters. The molecule has 0 saturated heterocycles. The number of thioether (sulfide) groups is 1. The van der Waals surface area contributed by atoms with Crippen LogP contribution in [0.3, 0.4) is 0 Å². The van der Waals surface area contributed by atoms with Crippen LogP contribution in [0, 0.1) is 13.8 Å². The second kappa shape index (κ2) is 5.70. The molecule has 19 heavy (non-hydrogen) atoms. The highest BCUT2D eigenvalue weighted by molar-refractivity contribution is 7.99. The lowest BCUT2D eigenvalue weighted by Crippen LogP contribution is -2.20. The van der Waals surface area contributed by atoms with E-state index >= 15 is 0 Å². The molecule has 1 aromatic heterocycles. The van der Waals surface area contributed by atoms with Crippen molar-refractivity contribution in [2.45, 2.75) is 31.2 Å². The molecule has 0 radical (unpaired) electrons. The van der Waals surface area contributed by atoms with Crippen molar-refractivity contribution in [2.75, 3.05) is 12.3 Å². The molecule has 0 aliphatic carbocycles. The molecule has 2 aromatic rings. The highest BCUT2D eigenvalue weighted by atomic mass is 32.2. The molecule has 1 N–H and O–H groups in total. The summed E-state index contributed by atoms with van der Waals surface area (Å²) in [5.41, 5.74) is 2.95. The van der Waals surface area contributed by atoms with Crippen LogP contribution >= 0.6 is 23.1 Å². The fourth-order valence-corrected chi connectivity index (χ4v) is 4.78. The van der Waals surface area contributed by atoms with E-state index in [-0.39, 0.29) is 0 Å². The molecular weight excluding hydrogens is 270 g/mol. The summed E-state index contributed by atoms with van der Waals surface area (Å²) in [4.78, 5) is 4.37. The molecule has 0 bridgehead atoms. The highest BCUT2D eigenvalue weighted by Gasteiger charge is 2.21. The normalized spacial score (nSPS) is 17.7. The van der Waals surface area contributed by atoms with Crippen LogP contribution in [0.5, 0.6) is 0 Å². The Morgan fingerprint density at radius 3 is 2.89 bits per heavy atom. The molecule has 0 amide bonds. The van der Waals surface area contributed by atoms with E-state index in [0.29, 0.717) is 5.92 Å². The minimum atomic E-state index is 0.670. The Kier molecular flexibility index (Phi) is 3.96. The van der Waals surface area contributed by atoms with Crippen molar-refractivity contribution < 1.29 is 0 Å². The largest absolute Gasteiger partial charge is 0.311 e. The fraction of sp³-hybridized carbons (Fsp3) is 0.375. The van der Waals surface area contributed by atoms with Crippen LogP contribution in [0.2, 0.25) is 0 Å². The second-order valence-corrected chi connectivity index (χ2v) is 7.53. The molecule has 0 saturated carbocycles. The van der Waals surface area contributed by atoms with Crippen LogP contribution in [0.1, 0.15) is 26.8 Å². The second-order valence-electron chi connectivity index (χ2n) is 5.13. The van der Waals surface area contributed by atoms with Crippen molar-refractivity contribution >= 4 is 23.1 Å². The molecule has 1 unspecified atom stereocenters. The van der Waals surface area contributed by atoms with Gasteiger partial charge in [0.1, 0.15) is 0 Å². The molecule has 1 aliphatic heterocycles. The number of rotatable bonds is 4. The standard InChI is InChI=1S/C16H19NS2/c1-11-7-14(19-12(11)2)9-17-8-13-10-18-16-6-4-3-5-15(13)16/h3-7,13,17H,8-10H2,1-2H3. The van der Waals surface area contributed by atoms with Crippen molar-refractivity contribution in [3.63, 3.8) is 0 Å². The average molecular weight is 289 g/mol. The summed E-state index contributed by atoms with van der Waals surface area (Å²) < 4.78 is 0. The van der Waals surface area contributed by atoms with Crippen LogP contribution in [0.4, 0.5) is 0 Å². The maximum absolute atomic E-state index is 3.62. The molecule has 1 aliphatic rings. The maximum atomic E-state index is 3.62. The summed E-state index contributed by atoms with van der Waals surface area (Å²) in [7, 11) is 0. The van der Waals surface area contributed by atoms with Crippen molar-refractivity contribution in [3.8, 4) is 0 Å². The summed E-state index contributed by atoms with van der Waals surface area (Å²) in [6.45, 7) is 6.48. The minimum Gasteiger partial charge on any atom is -0.311 e. The van der Waals surface area contributed by atoms with Gasteiger partial charge in [-0.25, -0.2) is 0 Å². The molecule has 100 valence electrons. The SMILES string of the molecule is Cc1cc(CNCC2CSc3ccccc32)sc1C. The zero-order valence-electron chi connectivity index (χ0n) is 11.4. The maximum Gasteiger partial charge on any atom is 0.0300 e. The Hall–Kier alpha value is -0.770. The first-order valence-corrected chi connectivity index (χ1v) is 8.52. The van der Waals surface area contributed by atoms with Gasteiger partial charge in [-0.1, -0.05) is 18.2 Å². The number of nitrogens with one attached hydrogen (secondary N) is 1. The number of hydrogen-bond acceptors (Lipinski definition) is 3. The zero-order valence-corrected chi connectivity index (χ0v) is 13.0. The first-order valence-electron chi connectivity index (χ1n) is 6.72. The molecular formula is C16H19NS2. The Labute approximate surface area is 123 Å². The molecule has 2 heterocycles. The minimum absolute atomic E-state index is 0.670. The van der Waals surface area contributed by atoms with Crippen LogP contribution in [0.15, 0.2) is 35.2 Å². The Bertz CT molecular complexity index is 554. The summed E-state index contributed by atoms with van der Waals surface area (Å²) >= 11 is 3.91. The van der Waals surface area contributed by atoms with Crippen LogP contribution in [-0.4, -0.2) is 12.3 Å². The number of hydrogen-bond donors (Lipinski definition) is 1. The van der Waals surface area contributed by atoms with Gasteiger partial charge in [0.15, 0.2) is 0 Å². The Morgan fingerprint density at radius 2 is 2.11 bits per heavy atom. The fourth-order valence-electron chi connectivity index (χ4n) is 2.50. The van der Waals surface area contributed by atoms with Crippen LogP contribution < -0.4 is 5.32 Å². The number of fused-ring (bicyclic) bond motifs is 1. The van der Waals surface area contributed by atoms with Gasteiger partial charge in [-0.3, -0.25) is 0 Å². The van der Waals surface area contributed by atoms with Gasteiger partial charge in [0.2, 0.25) is 0 Å². The summed E-state index contributed by atoms with van der Waals surface area (Å²) in [6.07, 6.45) is 0. The van der Waals surface area contributed by atoms with Crippen LogP contribution in [-0.2, 0) is 6.54 Å². The van der Waals surface area contributed by atoms with Gasteiger partial charge in [-0.15, -0.1) is 23.1 Å². The van der Waals surface area contributed by atoms with Gasteiger partial charge >= 0.3 is 0 Å². The lowest BCUT2D eigenvalue weighted by Gasteiger charge is -2.11.